The van der Waals surface area contributed by atoms with E-state index in [1.165, 1.54) is 32.2 Å². The summed E-state index contributed by atoms with van der Waals surface area (Å²) in [7, 11) is 2.23. The van der Waals surface area contributed by atoms with E-state index >= 15 is 0 Å². The van der Waals surface area contributed by atoms with Crippen molar-refractivity contribution >= 4 is 0 Å². The van der Waals surface area contributed by atoms with Gasteiger partial charge in [0.1, 0.15) is 0 Å². The second-order valence-electron chi connectivity index (χ2n) is 11.4. The summed E-state index contributed by atoms with van der Waals surface area (Å²) in [5, 5.41) is 21.1. The molecular formula is C27H49NO2. The molecular weight excluding hydrogens is 370 g/mol. The molecule has 30 heavy (non-hydrogen) atoms. The van der Waals surface area contributed by atoms with Crippen molar-refractivity contribution in [1.29, 1.82) is 0 Å². The van der Waals surface area contributed by atoms with E-state index in [1.807, 2.05) is 6.92 Å². The third kappa shape index (κ3) is 7.80. The van der Waals surface area contributed by atoms with Gasteiger partial charge in [0.15, 0.2) is 0 Å². The van der Waals surface area contributed by atoms with Crippen LogP contribution in [0.1, 0.15) is 98.8 Å². The fourth-order valence-electron chi connectivity index (χ4n) is 5.14. The van der Waals surface area contributed by atoms with E-state index in [0.29, 0.717) is 18.3 Å². The second kappa shape index (κ2) is 11.3. The molecule has 0 aromatic carbocycles. The quantitative estimate of drug-likeness (QED) is 0.296. The molecule has 2 N–H and O–H groups in total. The molecule has 3 heteroatoms. The Morgan fingerprint density at radius 1 is 1.13 bits per heavy atom. The Morgan fingerprint density at radius 3 is 2.53 bits per heavy atom. The van der Waals surface area contributed by atoms with E-state index in [0.717, 1.165) is 32.1 Å². The lowest BCUT2D eigenvalue weighted by Crippen LogP contribution is -2.38. The molecule has 3 nitrogen and oxygen atoms in total. The maximum atomic E-state index is 10.6. The van der Waals surface area contributed by atoms with Gasteiger partial charge in [0.05, 0.1) is 11.7 Å². The van der Waals surface area contributed by atoms with Crippen LogP contribution >= 0.6 is 0 Å². The van der Waals surface area contributed by atoms with Crippen molar-refractivity contribution in [2.75, 3.05) is 13.6 Å². The molecule has 1 saturated carbocycles. The monoisotopic (exact) mass is 419 g/mol. The van der Waals surface area contributed by atoms with Crippen molar-refractivity contribution in [3.8, 4) is 0 Å². The molecule has 0 saturated heterocycles. The summed E-state index contributed by atoms with van der Waals surface area (Å²) in [4.78, 5) is 2.45. The summed E-state index contributed by atoms with van der Waals surface area (Å²) in [5.41, 5.74) is 1.27. The molecule has 1 fully saturated rings. The molecule has 0 unspecified atom stereocenters. The summed E-state index contributed by atoms with van der Waals surface area (Å²) in [6.45, 7) is 12.1. The van der Waals surface area contributed by atoms with E-state index in [-0.39, 0.29) is 17.6 Å². The third-order valence-electron chi connectivity index (χ3n) is 7.57. The van der Waals surface area contributed by atoms with Crippen molar-refractivity contribution in [2.45, 2.75) is 116 Å². The van der Waals surface area contributed by atoms with Crippen LogP contribution < -0.4 is 0 Å². The number of hydrogen-bond donors (Lipinski definition) is 2. The first kappa shape index (κ1) is 25.6. The van der Waals surface area contributed by atoms with Crippen molar-refractivity contribution in [1.82, 2.24) is 4.90 Å². The lowest BCUT2D eigenvalue weighted by Gasteiger charge is -2.31. The number of fused-ring (bicyclic) bond motifs is 1. The number of unbranched alkanes of at least 4 members (excludes halogenated alkanes) is 3. The Bertz CT molecular complexity index is 572. The SMILES string of the molecule is CCCC[C@](C)(O)CC=C[C@@H]1[C@H]2CC(CCCCCN(C)C(C)(C)C)=C[C@H]2C[C@H]1O. The molecule has 0 bridgehead atoms. The van der Waals surface area contributed by atoms with Crippen LogP contribution in [0, 0.1) is 17.8 Å². The highest BCUT2D eigenvalue weighted by Gasteiger charge is 2.43. The summed E-state index contributed by atoms with van der Waals surface area (Å²) in [6, 6.07) is 0. The fraction of sp³-hybridized carbons (Fsp3) is 0.852. The molecule has 0 aromatic heterocycles. The molecule has 5 atom stereocenters. The molecule has 2 aliphatic rings. The molecule has 0 aromatic rings. The summed E-state index contributed by atoms with van der Waals surface area (Å²) in [5.74, 6) is 1.38. The minimum absolute atomic E-state index is 0.220. The van der Waals surface area contributed by atoms with Gasteiger partial charge in [0, 0.05) is 11.5 Å². The first-order chi connectivity index (χ1) is 14.0. The van der Waals surface area contributed by atoms with Gasteiger partial charge in [0.2, 0.25) is 0 Å². The Labute approximate surface area is 186 Å². The van der Waals surface area contributed by atoms with Gasteiger partial charge >= 0.3 is 0 Å². The van der Waals surface area contributed by atoms with Gasteiger partial charge in [-0.05, 0) is 98.1 Å². The highest BCUT2D eigenvalue weighted by atomic mass is 16.3. The first-order valence-electron chi connectivity index (χ1n) is 12.5. The highest BCUT2D eigenvalue weighted by molar-refractivity contribution is 5.20. The number of aliphatic hydroxyl groups is 2. The lowest BCUT2D eigenvalue weighted by molar-refractivity contribution is 0.0513. The van der Waals surface area contributed by atoms with E-state index in [4.69, 9.17) is 0 Å². The molecule has 2 aliphatic carbocycles. The van der Waals surface area contributed by atoms with Crippen molar-refractivity contribution in [2.24, 2.45) is 17.8 Å². The van der Waals surface area contributed by atoms with Crippen LogP contribution in [0.15, 0.2) is 23.8 Å². The van der Waals surface area contributed by atoms with Crippen LogP contribution in [0.2, 0.25) is 0 Å². The minimum Gasteiger partial charge on any atom is -0.392 e. The number of rotatable bonds is 12. The zero-order chi connectivity index (χ0) is 22.4. The van der Waals surface area contributed by atoms with Crippen LogP contribution in [0.4, 0.5) is 0 Å². The molecule has 0 radical (unpaired) electrons. The topological polar surface area (TPSA) is 43.7 Å². The Morgan fingerprint density at radius 2 is 1.87 bits per heavy atom. The maximum Gasteiger partial charge on any atom is 0.0654 e. The van der Waals surface area contributed by atoms with Gasteiger partial charge in [-0.25, -0.2) is 0 Å². The zero-order valence-corrected chi connectivity index (χ0v) is 20.7. The van der Waals surface area contributed by atoms with Gasteiger partial charge in [-0.15, -0.1) is 0 Å². The van der Waals surface area contributed by atoms with Gasteiger partial charge in [-0.3, -0.25) is 0 Å². The second-order valence-corrected chi connectivity index (χ2v) is 11.4. The smallest absolute Gasteiger partial charge is 0.0654 e. The van der Waals surface area contributed by atoms with Gasteiger partial charge in [-0.1, -0.05) is 50.0 Å². The van der Waals surface area contributed by atoms with Gasteiger partial charge in [-0.2, -0.15) is 0 Å². The first-order valence-corrected chi connectivity index (χ1v) is 12.5. The van der Waals surface area contributed by atoms with Crippen LogP contribution in [0.5, 0.6) is 0 Å². The van der Waals surface area contributed by atoms with E-state index < -0.39 is 5.60 Å². The maximum absolute atomic E-state index is 10.6. The van der Waals surface area contributed by atoms with Crippen LogP contribution in [-0.4, -0.2) is 45.9 Å². The lowest BCUT2D eigenvalue weighted by atomic mass is 9.87. The number of hydrogen-bond acceptors (Lipinski definition) is 3. The highest BCUT2D eigenvalue weighted by Crippen LogP contribution is 2.48. The molecule has 174 valence electrons. The van der Waals surface area contributed by atoms with E-state index in [2.05, 4.69) is 57.9 Å². The molecule has 0 amide bonds. The predicted octanol–water partition coefficient (Wildman–Crippen LogP) is 6.11. The normalized spacial score (nSPS) is 28.9. The van der Waals surface area contributed by atoms with Crippen LogP contribution in [0.25, 0.3) is 0 Å². The summed E-state index contributed by atoms with van der Waals surface area (Å²) < 4.78 is 0. The third-order valence-corrected chi connectivity index (χ3v) is 7.57. The minimum atomic E-state index is -0.615. The predicted molar refractivity (Wildman–Crippen MR) is 129 cm³/mol. The number of aliphatic hydroxyl groups excluding tert-OH is 1. The molecule has 2 rings (SSSR count). The summed E-state index contributed by atoms with van der Waals surface area (Å²) >= 11 is 0. The van der Waals surface area contributed by atoms with E-state index in [1.54, 1.807) is 5.57 Å². The van der Waals surface area contributed by atoms with Crippen molar-refractivity contribution < 1.29 is 10.2 Å². The Hall–Kier alpha value is -0.640. The number of nitrogens with zero attached hydrogens (tertiary/aromatic N) is 1. The molecule has 0 aliphatic heterocycles. The van der Waals surface area contributed by atoms with Crippen molar-refractivity contribution in [3.05, 3.63) is 23.8 Å². The fourth-order valence-corrected chi connectivity index (χ4v) is 5.14. The standard InChI is InChI=1S/C27H49NO2/c1-7-8-15-27(5,30)16-12-14-23-24-19-21(18-22(24)20-25(23)29)13-10-9-11-17-28(6)26(2,3)4/h12,14,18,22-25,29-30H,7-11,13,15-17,19-20H2,1-6H3/t22-,23+,24-,25+,27-/m0/s1. The van der Waals surface area contributed by atoms with Gasteiger partial charge in [0.25, 0.3) is 0 Å². The van der Waals surface area contributed by atoms with Crippen molar-refractivity contribution in [3.63, 3.8) is 0 Å². The molecule has 0 heterocycles. The molecule has 0 spiro atoms. The van der Waals surface area contributed by atoms with Crippen LogP contribution in [-0.2, 0) is 0 Å². The van der Waals surface area contributed by atoms with Crippen LogP contribution in [0.3, 0.4) is 0 Å². The Kier molecular flexibility index (Phi) is 9.64. The Balaban J connectivity index is 1.73. The largest absolute Gasteiger partial charge is 0.392 e. The van der Waals surface area contributed by atoms with E-state index in [9.17, 15) is 10.2 Å². The average Bonchev–Trinajstić information content (AvgIpc) is 3.16. The zero-order valence-electron chi connectivity index (χ0n) is 20.7. The summed E-state index contributed by atoms with van der Waals surface area (Å²) in [6.07, 6.45) is 17.5. The number of allylic oxidation sites excluding steroid dienone is 2. The average molecular weight is 420 g/mol. The van der Waals surface area contributed by atoms with Gasteiger partial charge < -0.3 is 15.1 Å².